The van der Waals surface area contributed by atoms with E-state index in [-0.39, 0.29) is 5.91 Å². The second-order valence-electron chi connectivity index (χ2n) is 8.12. The maximum Gasteiger partial charge on any atom is 0.247 e. The first kappa shape index (κ1) is 20.2. The molecule has 9 nitrogen and oxygen atoms in total. The number of aromatic nitrogens is 5. The number of rotatable bonds is 5. The van der Waals surface area contributed by atoms with Gasteiger partial charge >= 0.3 is 0 Å². The predicted octanol–water partition coefficient (Wildman–Crippen LogP) is 2.54. The van der Waals surface area contributed by atoms with Gasteiger partial charge in [0.05, 0.1) is 17.6 Å². The Hall–Kier alpha value is -3.72. The molecule has 0 spiro atoms. The van der Waals surface area contributed by atoms with E-state index in [1.54, 1.807) is 17.8 Å². The van der Waals surface area contributed by atoms with Gasteiger partial charge in [0.15, 0.2) is 5.65 Å². The first-order valence-corrected chi connectivity index (χ1v) is 10.7. The van der Waals surface area contributed by atoms with Gasteiger partial charge in [-0.3, -0.25) is 14.4 Å². The molecule has 1 N–H and O–H groups in total. The monoisotopic (exact) mass is 430 g/mol. The van der Waals surface area contributed by atoms with Crippen LogP contribution in [0.4, 0.5) is 11.6 Å². The molecule has 3 aromatic heterocycles. The summed E-state index contributed by atoms with van der Waals surface area (Å²) in [7, 11) is 1.87. The van der Waals surface area contributed by atoms with Crippen LogP contribution >= 0.6 is 0 Å². The van der Waals surface area contributed by atoms with Crippen LogP contribution < -0.4 is 5.32 Å². The Labute approximate surface area is 186 Å². The normalized spacial score (nSPS) is 14.8. The van der Waals surface area contributed by atoms with Gasteiger partial charge in [0.25, 0.3) is 0 Å². The number of benzene rings is 1. The average Bonchev–Trinajstić information content (AvgIpc) is 3.40. The van der Waals surface area contributed by atoms with Crippen molar-refractivity contribution in [3.8, 4) is 11.3 Å². The van der Waals surface area contributed by atoms with Gasteiger partial charge in [-0.2, -0.15) is 10.1 Å². The SMILES string of the molecule is CC(=O)N1CCN(Cc2ccc(-c3cccc4nc(Nc5cnn(C)c5)nn34)cc2)CC1. The molecule has 0 radical (unpaired) electrons. The number of piperazine rings is 1. The fourth-order valence-electron chi connectivity index (χ4n) is 4.05. The molecule has 164 valence electrons. The number of hydrogen-bond donors (Lipinski definition) is 1. The minimum absolute atomic E-state index is 0.162. The van der Waals surface area contributed by atoms with E-state index in [1.807, 2.05) is 40.9 Å². The third-order valence-corrected chi connectivity index (χ3v) is 5.79. The molecular formula is C23H26N8O. The van der Waals surface area contributed by atoms with Crippen molar-refractivity contribution in [2.75, 3.05) is 31.5 Å². The van der Waals surface area contributed by atoms with Crippen molar-refractivity contribution in [3.05, 3.63) is 60.4 Å². The summed E-state index contributed by atoms with van der Waals surface area (Å²) in [5, 5.41) is 12.0. The molecule has 0 aliphatic carbocycles. The summed E-state index contributed by atoms with van der Waals surface area (Å²) in [5.74, 6) is 0.696. The molecule has 1 amide bonds. The predicted molar refractivity (Wildman–Crippen MR) is 122 cm³/mol. The lowest BCUT2D eigenvalue weighted by atomic mass is 10.1. The van der Waals surface area contributed by atoms with Crippen LogP contribution in [0.3, 0.4) is 0 Å². The van der Waals surface area contributed by atoms with Crippen molar-refractivity contribution in [3.63, 3.8) is 0 Å². The van der Waals surface area contributed by atoms with Gasteiger partial charge in [0.1, 0.15) is 0 Å². The van der Waals surface area contributed by atoms with Crippen LogP contribution in [0.1, 0.15) is 12.5 Å². The lowest BCUT2D eigenvalue weighted by molar-refractivity contribution is -0.130. The van der Waals surface area contributed by atoms with E-state index in [1.165, 1.54) is 5.56 Å². The van der Waals surface area contributed by atoms with Crippen molar-refractivity contribution >= 4 is 23.2 Å². The number of pyridine rings is 1. The Bertz CT molecular complexity index is 1230. The van der Waals surface area contributed by atoms with E-state index >= 15 is 0 Å². The number of hydrogen-bond acceptors (Lipinski definition) is 6. The number of carbonyl (C=O) groups excluding carboxylic acids is 1. The number of fused-ring (bicyclic) bond motifs is 1. The summed E-state index contributed by atoms with van der Waals surface area (Å²) in [6, 6.07) is 14.6. The molecule has 1 aliphatic heterocycles. The summed E-state index contributed by atoms with van der Waals surface area (Å²) in [6.45, 7) is 5.95. The molecule has 4 heterocycles. The second kappa shape index (κ2) is 8.43. The molecule has 32 heavy (non-hydrogen) atoms. The Balaban J connectivity index is 1.31. The lowest BCUT2D eigenvalue weighted by Crippen LogP contribution is -2.47. The number of carbonyl (C=O) groups is 1. The lowest BCUT2D eigenvalue weighted by Gasteiger charge is -2.34. The topological polar surface area (TPSA) is 83.6 Å². The Kier molecular flexibility index (Phi) is 5.32. The Morgan fingerprint density at radius 1 is 1.06 bits per heavy atom. The summed E-state index contributed by atoms with van der Waals surface area (Å²) in [6.07, 6.45) is 3.62. The summed E-state index contributed by atoms with van der Waals surface area (Å²) in [5.41, 5.74) is 4.95. The smallest absolute Gasteiger partial charge is 0.247 e. The van der Waals surface area contributed by atoms with Gasteiger partial charge < -0.3 is 10.2 Å². The molecule has 1 saturated heterocycles. The molecule has 4 aromatic rings. The molecule has 0 saturated carbocycles. The number of nitrogens with one attached hydrogen (secondary N) is 1. The van der Waals surface area contributed by atoms with Crippen LogP contribution in [-0.2, 0) is 18.4 Å². The molecule has 9 heteroatoms. The van der Waals surface area contributed by atoms with Crippen molar-refractivity contribution in [1.82, 2.24) is 34.2 Å². The maximum absolute atomic E-state index is 11.5. The summed E-state index contributed by atoms with van der Waals surface area (Å²) < 4.78 is 3.59. The third-order valence-electron chi connectivity index (χ3n) is 5.79. The summed E-state index contributed by atoms with van der Waals surface area (Å²) >= 11 is 0. The number of aryl methyl sites for hydroxylation is 1. The zero-order valence-corrected chi connectivity index (χ0v) is 18.3. The standard InChI is InChI=1S/C23H26N8O/c1-17(32)30-12-10-29(11-13-30)15-18-6-8-19(9-7-18)21-4-3-5-22-26-23(27-31(21)22)25-20-14-24-28(2)16-20/h3-9,14,16H,10-13,15H2,1-2H3,(H,25,27). The van der Waals surface area contributed by atoms with E-state index in [9.17, 15) is 4.79 Å². The quantitative estimate of drug-likeness (QED) is 0.524. The highest BCUT2D eigenvalue weighted by molar-refractivity contribution is 5.73. The van der Waals surface area contributed by atoms with Crippen LogP contribution in [0, 0.1) is 0 Å². The van der Waals surface area contributed by atoms with Gasteiger partial charge in [-0.25, -0.2) is 4.52 Å². The van der Waals surface area contributed by atoms with Crippen LogP contribution in [-0.4, -0.2) is 66.3 Å². The zero-order chi connectivity index (χ0) is 22.1. The van der Waals surface area contributed by atoms with Crippen LogP contribution in [0.2, 0.25) is 0 Å². The van der Waals surface area contributed by atoms with E-state index in [0.717, 1.165) is 55.3 Å². The number of amides is 1. The maximum atomic E-state index is 11.5. The van der Waals surface area contributed by atoms with Gasteiger partial charge in [-0.1, -0.05) is 30.3 Å². The Morgan fingerprint density at radius 3 is 2.53 bits per heavy atom. The van der Waals surface area contributed by atoms with Crippen molar-refractivity contribution in [2.24, 2.45) is 7.05 Å². The highest BCUT2D eigenvalue weighted by Gasteiger charge is 2.18. The first-order chi connectivity index (χ1) is 15.5. The molecule has 0 bridgehead atoms. The van der Waals surface area contributed by atoms with Crippen LogP contribution in [0.5, 0.6) is 0 Å². The number of anilines is 2. The Morgan fingerprint density at radius 2 is 1.84 bits per heavy atom. The van der Waals surface area contributed by atoms with Crippen LogP contribution in [0.25, 0.3) is 16.9 Å². The molecule has 5 rings (SSSR count). The van der Waals surface area contributed by atoms with Crippen molar-refractivity contribution in [2.45, 2.75) is 13.5 Å². The fourth-order valence-corrected chi connectivity index (χ4v) is 4.05. The van der Waals surface area contributed by atoms with E-state index in [4.69, 9.17) is 0 Å². The fraction of sp³-hybridized carbons (Fsp3) is 0.304. The third kappa shape index (κ3) is 4.19. The van der Waals surface area contributed by atoms with Gasteiger partial charge in [0.2, 0.25) is 11.9 Å². The average molecular weight is 431 g/mol. The van der Waals surface area contributed by atoms with Crippen LogP contribution in [0.15, 0.2) is 54.9 Å². The summed E-state index contributed by atoms with van der Waals surface area (Å²) in [4.78, 5) is 20.4. The largest absolute Gasteiger partial charge is 0.340 e. The van der Waals surface area contributed by atoms with E-state index in [2.05, 4.69) is 49.7 Å². The number of nitrogens with zero attached hydrogens (tertiary/aromatic N) is 7. The first-order valence-electron chi connectivity index (χ1n) is 10.7. The van der Waals surface area contributed by atoms with Crippen molar-refractivity contribution in [1.29, 1.82) is 0 Å². The minimum atomic E-state index is 0.162. The minimum Gasteiger partial charge on any atom is -0.340 e. The van der Waals surface area contributed by atoms with Crippen molar-refractivity contribution < 1.29 is 4.79 Å². The molecule has 1 fully saturated rings. The molecule has 0 atom stereocenters. The van der Waals surface area contributed by atoms with E-state index in [0.29, 0.717) is 5.95 Å². The zero-order valence-electron chi connectivity index (χ0n) is 18.3. The molecule has 1 aromatic carbocycles. The molecule has 0 unspecified atom stereocenters. The van der Waals surface area contributed by atoms with E-state index < -0.39 is 0 Å². The van der Waals surface area contributed by atoms with Gasteiger partial charge in [-0.05, 0) is 17.7 Å². The highest BCUT2D eigenvalue weighted by Crippen LogP contribution is 2.23. The highest BCUT2D eigenvalue weighted by atomic mass is 16.2. The molecule has 1 aliphatic rings. The molecular weight excluding hydrogens is 404 g/mol. The van der Waals surface area contributed by atoms with Gasteiger partial charge in [0, 0.05) is 58.5 Å². The second-order valence-corrected chi connectivity index (χ2v) is 8.12. The van der Waals surface area contributed by atoms with Gasteiger partial charge in [-0.15, -0.1) is 5.10 Å².